The zero-order valence-corrected chi connectivity index (χ0v) is 63.0. The van der Waals surface area contributed by atoms with E-state index >= 15 is 0 Å². The maximum absolute atomic E-state index is 13.6. The number of carboxylic acids is 2. The molecule has 0 aromatic heterocycles. The molecule has 5 aliphatic heterocycles. The number of ketones is 1. The Kier molecular flexibility index (Phi) is 43.3. The van der Waals surface area contributed by atoms with Gasteiger partial charge in [0.2, 0.25) is 11.8 Å². The summed E-state index contributed by atoms with van der Waals surface area (Å²) in [6.07, 6.45) is -30.8. The third-order valence-electron chi connectivity index (χ3n) is 20.6. The molecule has 0 aliphatic carbocycles. The molecule has 28 atom stereocenters. The number of halogens is 1. The Morgan fingerprint density at radius 2 is 0.901 bits per heavy atom. The van der Waals surface area contributed by atoms with Gasteiger partial charge in [-0.2, -0.15) is 0 Å². The van der Waals surface area contributed by atoms with Gasteiger partial charge in [0, 0.05) is 39.0 Å². The predicted molar refractivity (Wildman–Crippen MR) is 380 cm³/mol. The van der Waals surface area contributed by atoms with Crippen molar-refractivity contribution in [2.75, 3.05) is 46.2 Å². The van der Waals surface area contributed by atoms with Crippen molar-refractivity contribution < 1.29 is 172 Å². The summed E-state index contributed by atoms with van der Waals surface area (Å²) in [4.78, 5) is 62.3. The maximum atomic E-state index is 13.6. The predicted octanol–water partition coefficient (Wildman–Crippen LogP) is -2.26. The molecule has 36 nitrogen and oxygen atoms in total. The Bertz CT molecular complexity index is 2810. The highest BCUT2D eigenvalue weighted by Crippen LogP contribution is 2.36. The first-order chi connectivity index (χ1) is 53.1. The van der Waals surface area contributed by atoms with Gasteiger partial charge in [-0.3, -0.25) is 14.4 Å². The van der Waals surface area contributed by atoms with Crippen molar-refractivity contribution in [3.8, 4) is 0 Å². The van der Waals surface area contributed by atoms with Crippen molar-refractivity contribution in [2.45, 2.75) is 352 Å². The normalized spacial score (nSPS) is 33.4. The molecule has 20 N–H and O–H groups in total. The van der Waals surface area contributed by atoms with Crippen molar-refractivity contribution in [3.05, 3.63) is 35.6 Å². The van der Waals surface area contributed by atoms with Gasteiger partial charge in [0.25, 0.3) is 0 Å². The van der Waals surface area contributed by atoms with Crippen LogP contribution >= 0.6 is 0 Å². The lowest BCUT2D eigenvalue weighted by atomic mass is 9.95. The van der Waals surface area contributed by atoms with Crippen LogP contribution in [0.1, 0.15) is 179 Å². The zero-order chi connectivity index (χ0) is 81.3. The molecular weight excluding hydrogens is 1480 g/mol. The molecule has 640 valence electrons. The third-order valence-corrected chi connectivity index (χ3v) is 20.6. The lowest BCUT2D eigenvalue weighted by Crippen LogP contribution is -2.68. The molecule has 0 saturated carbocycles. The van der Waals surface area contributed by atoms with Gasteiger partial charge in [-0.05, 0) is 62.6 Å². The minimum absolute atomic E-state index is 0.0172. The molecule has 1 aromatic rings. The molecule has 0 radical (unpaired) electrons. The van der Waals surface area contributed by atoms with Crippen LogP contribution in [0, 0.1) is 5.82 Å². The Morgan fingerprint density at radius 1 is 0.450 bits per heavy atom. The molecule has 5 fully saturated rings. The first kappa shape index (κ1) is 95.5. The lowest BCUT2D eigenvalue weighted by molar-refractivity contribution is -0.385. The highest BCUT2D eigenvalue weighted by atomic mass is 19.1. The van der Waals surface area contributed by atoms with Gasteiger partial charge in [0.15, 0.2) is 43.7 Å². The van der Waals surface area contributed by atoms with Crippen molar-refractivity contribution >= 4 is 29.5 Å². The standard InChI is InChI=1S/C74H123FN2O34/c1-2-3-4-5-6-7-8-9-10-11-12-18-26-44(81)50(84)43(77-49(83)35-40-28-30-41(75)31-29-40)38-103-71-57(91)52(86)51(85)47(106-71)39-101-33-22-16-14-21-32-76-48(82)27-20-19-25-42(80)24-17-13-15-23-34-102-70-59(93)55(89)63(45(36-78)104-70)108-74-62(96)65(61(95)67(111-74)69(99)100)109-72-60(94)56(90)64(46(37-79)105-72)107-73-58(92)53(87)54(88)66(110-73)68(97)98/h28-31,43-47,50-67,70-74,78-79,81,84-96H,2-27,32-39H2,1H3,(H,76,82)(H,77,83)(H,97,98)(H,99,100)/t43-,44+,45?,46?,47?,50-,51?,52?,53?,54?,55?,56?,57?,58?,59?,60?,61?,62?,63?,64?,65?,66?,67?,70?,71?,72?,73?,74?/m0/s1. The highest BCUT2D eigenvalue weighted by molar-refractivity contribution is 5.79. The van der Waals surface area contributed by atoms with Gasteiger partial charge in [0.1, 0.15) is 128 Å². The average molecular weight is 1600 g/mol. The molecule has 0 bridgehead atoms. The average Bonchev–Trinajstić information content (AvgIpc) is 0.774. The van der Waals surface area contributed by atoms with Crippen LogP contribution in [0.3, 0.4) is 0 Å². The van der Waals surface area contributed by atoms with Gasteiger partial charge >= 0.3 is 11.9 Å². The van der Waals surface area contributed by atoms with E-state index in [0.29, 0.717) is 82.7 Å². The highest BCUT2D eigenvalue weighted by Gasteiger charge is 2.57. The van der Waals surface area contributed by atoms with Crippen molar-refractivity contribution in [1.82, 2.24) is 10.6 Å². The number of aliphatic hydroxyl groups is 16. The smallest absolute Gasteiger partial charge is 0.335 e. The van der Waals surface area contributed by atoms with Crippen LogP contribution in [0.2, 0.25) is 0 Å². The van der Waals surface area contributed by atoms with Crippen LogP contribution in [-0.2, 0) is 82.5 Å². The van der Waals surface area contributed by atoms with Crippen molar-refractivity contribution in [3.63, 3.8) is 0 Å². The molecular formula is C74H123FN2O34. The van der Waals surface area contributed by atoms with E-state index in [9.17, 15) is 120 Å². The van der Waals surface area contributed by atoms with E-state index in [-0.39, 0.29) is 50.8 Å². The van der Waals surface area contributed by atoms with Crippen molar-refractivity contribution in [1.29, 1.82) is 0 Å². The third kappa shape index (κ3) is 30.3. The summed E-state index contributed by atoms with van der Waals surface area (Å²) in [5.41, 5.74) is 0.501. The topological polar surface area (TPSA) is 575 Å². The van der Waals surface area contributed by atoms with E-state index in [2.05, 4.69) is 17.6 Å². The number of nitrogens with one attached hydrogen (secondary N) is 2. The van der Waals surface area contributed by atoms with E-state index in [1.165, 1.54) is 69.2 Å². The summed E-state index contributed by atoms with van der Waals surface area (Å²) in [7, 11) is 0. The second kappa shape index (κ2) is 50.3. The van der Waals surface area contributed by atoms with Crippen LogP contribution in [0.15, 0.2) is 24.3 Å². The maximum Gasteiger partial charge on any atom is 0.335 e. The van der Waals surface area contributed by atoms with E-state index in [1.54, 1.807) is 0 Å². The number of amides is 2. The summed E-state index contributed by atoms with van der Waals surface area (Å²) in [6.45, 7) is 0.281. The fraction of sp³-hybridized carbons (Fsp3) is 0.851. The number of aliphatic carboxylic acids is 2. The number of carbonyl (C=O) groups is 5. The number of aliphatic hydroxyl groups excluding tert-OH is 16. The monoisotopic (exact) mass is 1600 g/mol. The van der Waals surface area contributed by atoms with E-state index < -0.39 is 215 Å². The Hall–Kier alpha value is -4.38. The Labute approximate surface area is 644 Å². The van der Waals surface area contributed by atoms with E-state index in [4.69, 9.17) is 52.1 Å². The molecule has 25 unspecified atom stereocenters. The minimum Gasteiger partial charge on any atom is -0.479 e. The number of hydrogen-bond acceptors (Lipinski definition) is 32. The number of benzene rings is 1. The van der Waals surface area contributed by atoms with Crippen LogP contribution in [0.5, 0.6) is 0 Å². The molecule has 1 aromatic carbocycles. The van der Waals surface area contributed by atoms with Crippen LogP contribution < -0.4 is 10.6 Å². The van der Waals surface area contributed by atoms with Crippen molar-refractivity contribution in [2.24, 2.45) is 0 Å². The largest absolute Gasteiger partial charge is 0.479 e. The fourth-order valence-corrected chi connectivity index (χ4v) is 13.8. The number of carboxylic acid groups (broad SMARTS) is 2. The molecule has 37 heteroatoms. The number of carbonyl (C=O) groups excluding carboxylic acids is 3. The van der Waals surface area contributed by atoms with Crippen LogP contribution in [0.25, 0.3) is 0 Å². The number of rotatable bonds is 53. The number of Topliss-reactive ketones (excluding diaryl/α,β-unsaturated/α-hetero) is 1. The number of hydrogen-bond donors (Lipinski definition) is 20. The summed E-state index contributed by atoms with van der Waals surface area (Å²) in [6, 6.07) is 4.14. The summed E-state index contributed by atoms with van der Waals surface area (Å²) >= 11 is 0. The van der Waals surface area contributed by atoms with Gasteiger partial charge < -0.3 is 155 Å². The number of ether oxygens (including phenoxy) is 11. The second-order valence-corrected chi connectivity index (χ2v) is 29.4. The van der Waals surface area contributed by atoms with Crippen LogP contribution in [-0.4, -0.2) is 339 Å². The van der Waals surface area contributed by atoms with E-state index in [1.807, 2.05) is 0 Å². The summed E-state index contributed by atoms with van der Waals surface area (Å²) in [5, 5.41) is 198. The molecule has 2 amide bonds. The zero-order valence-electron chi connectivity index (χ0n) is 63.0. The SMILES string of the molecule is CCCCCCCCCCCCCC[C@@H](O)[C@@H](O)[C@H](COC1OC(COCCCCCCNC(=O)CCCCC(=O)CCCCCCOC2OC(CO)C(OC3OC(C(=O)O)C(O)C(OC4OC(CO)C(OC5OC(C(=O)O)C(O)C(O)C5O)C(O)C4O)C3O)C(O)C2O)C(O)C(O)C1O)NC(=O)Cc1ccc(F)cc1. The van der Waals surface area contributed by atoms with Gasteiger partial charge in [-0.15, -0.1) is 0 Å². The summed E-state index contributed by atoms with van der Waals surface area (Å²) in [5.74, 6) is -4.76. The number of unbranched alkanes of at least 4 members (excludes halogenated alkanes) is 18. The Balaban J connectivity index is 0.803. The van der Waals surface area contributed by atoms with E-state index in [0.717, 1.165) is 38.5 Å². The van der Waals surface area contributed by atoms with Gasteiger partial charge in [-0.1, -0.05) is 122 Å². The molecule has 5 saturated heterocycles. The van der Waals surface area contributed by atoms with Gasteiger partial charge in [0.05, 0.1) is 45.0 Å². The minimum atomic E-state index is -2.30. The molecule has 0 spiro atoms. The van der Waals surface area contributed by atoms with Gasteiger partial charge in [-0.25, -0.2) is 14.0 Å². The Morgan fingerprint density at radius 3 is 1.50 bits per heavy atom. The molecule has 111 heavy (non-hydrogen) atoms. The molecule has 5 heterocycles. The molecule has 6 rings (SSSR count). The quantitative estimate of drug-likeness (QED) is 0.0306. The lowest BCUT2D eigenvalue weighted by Gasteiger charge is -2.48. The fourth-order valence-electron chi connectivity index (χ4n) is 13.8. The first-order valence-corrected chi connectivity index (χ1v) is 39.2. The first-order valence-electron chi connectivity index (χ1n) is 39.2. The molecule has 5 aliphatic rings. The summed E-state index contributed by atoms with van der Waals surface area (Å²) < 4.78 is 75.1. The second-order valence-electron chi connectivity index (χ2n) is 29.4. The van der Waals surface area contributed by atoms with Crippen LogP contribution in [0.4, 0.5) is 4.39 Å².